The molecule has 0 aromatic heterocycles. The third kappa shape index (κ3) is 3.09. The monoisotopic (exact) mass is 269 g/mol. The van der Waals surface area contributed by atoms with Gasteiger partial charge in [-0.05, 0) is 43.0 Å². The first-order valence-electron chi connectivity index (χ1n) is 7.03. The lowest BCUT2D eigenvalue weighted by Crippen LogP contribution is -2.42. The molecule has 1 atom stereocenters. The van der Waals surface area contributed by atoms with Crippen LogP contribution >= 0.6 is 0 Å². The lowest BCUT2D eigenvalue weighted by molar-refractivity contribution is 0.173. The zero-order chi connectivity index (χ0) is 14.6. The first-order chi connectivity index (χ1) is 9.57. The quantitative estimate of drug-likeness (QED) is 0.873. The second kappa shape index (κ2) is 6.21. The first kappa shape index (κ1) is 14.8. The number of hydrogen-bond acceptors (Lipinski definition) is 2. The molecular formula is C18H23NO. The predicted molar refractivity (Wildman–Crippen MR) is 83.6 cm³/mol. The van der Waals surface area contributed by atoms with Crippen LogP contribution in [0, 0.1) is 13.8 Å². The van der Waals surface area contributed by atoms with E-state index in [4.69, 9.17) is 0 Å². The molecule has 106 valence electrons. The predicted octanol–water partition coefficient (Wildman–Crippen LogP) is 3.30. The van der Waals surface area contributed by atoms with Crippen molar-refractivity contribution in [2.45, 2.75) is 32.9 Å². The molecule has 2 aromatic carbocycles. The molecule has 0 aliphatic heterocycles. The van der Waals surface area contributed by atoms with E-state index in [1.165, 1.54) is 16.7 Å². The van der Waals surface area contributed by atoms with Crippen molar-refractivity contribution in [2.75, 3.05) is 6.61 Å². The van der Waals surface area contributed by atoms with E-state index in [0.29, 0.717) is 0 Å². The highest BCUT2D eigenvalue weighted by Crippen LogP contribution is 2.22. The number of hydrogen-bond donors (Lipinski definition) is 2. The van der Waals surface area contributed by atoms with E-state index in [0.717, 1.165) is 12.1 Å². The number of benzene rings is 2. The van der Waals surface area contributed by atoms with Gasteiger partial charge in [-0.1, -0.05) is 48.5 Å². The zero-order valence-corrected chi connectivity index (χ0v) is 12.5. The molecule has 0 heterocycles. The average Bonchev–Trinajstić information content (AvgIpc) is 2.47. The van der Waals surface area contributed by atoms with Gasteiger partial charge in [0.15, 0.2) is 0 Å². The van der Waals surface area contributed by atoms with Crippen LogP contribution in [-0.2, 0) is 12.1 Å². The molecule has 1 unspecified atom stereocenters. The highest BCUT2D eigenvalue weighted by molar-refractivity contribution is 5.34. The molecule has 0 radical (unpaired) electrons. The Morgan fingerprint density at radius 3 is 2.10 bits per heavy atom. The summed E-state index contributed by atoms with van der Waals surface area (Å²) in [4.78, 5) is 0. The minimum atomic E-state index is -0.421. The summed E-state index contributed by atoms with van der Waals surface area (Å²) in [6.07, 6.45) is 0. The fourth-order valence-corrected chi connectivity index (χ4v) is 2.47. The minimum Gasteiger partial charge on any atom is -0.394 e. The smallest absolute Gasteiger partial charge is 0.0652 e. The molecule has 0 aliphatic rings. The molecule has 0 aliphatic carbocycles. The number of aliphatic hydroxyl groups excluding tert-OH is 1. The van der Waals surface area contributed by atoms with E-state index in [1.807, 2.05) is 37.3 Å². The van der Waals surface area contributed by atoms with E-state index in [9.17, 15) is 5.11 Å². The minimum absolute atomic E-state index is 0.0714. The summed E-state index contributed by atoms with van der Waals surface area (Å²) in [5.41, 5.74) is 4.56. The molecule has 0 fully saturated rings. The van der Waals surface area contributed by atoms with Gasteiger partial charge >= 0.3 is 0 Å². The molecule has 2 aromatic rings. The normalized spacial score (nSPS) is 14.0. The molecule has 0 bridgehead atoms. The molecule has 0 spiro atoms. The topological polar surface area (TPSA) is 32.3 Å². The third-order valence-electron chi connectivity index (χ3n) is 4.03. The second-order valence-electron chi connectivity index (χ2n) is 5.58. The van der Waals surface area contributed by atoms with E-state index in [-0.39, 0.29) is 6.61 Å². The first-order valence-corrected chi connectivity index (χ1v) is 7.03. The number of aliphatic hydroxyl groups is 1. The molecule has 0 amide bonds. The molecular weight excluding hydrogens is 246 g/mol. The van der Waals surface area contributed by atoms with Gasteiger partial charge in [0.1, 0.15) is 0 Å². The summed E-state index contributed by atoms with van der Waals surface area (Å²) in [7, 11) is 0. The molecule has 0 saturated carbocycles. The highest BCUT2D eigenvalue weighted by Gasteiger charge is 2.25. The molecule has 2 heteroatoms. The fraction of sp³-hybridized carbons (Fsp3) is 0.333. The SMILES string of the molecule is Cc1cccc(C)c1CNC(C)(CO)c1ccccc1. The zero-order valence-electron chi connectivity index (χ0n) is 12.5. The molecule has 2 rings (SSSR count). The summed E-state index contributed by atoms with van der Waals surface area (Å²) < 4.78 is 0. The molecule has 0 saturated heterocycles. The van der Waals surface area contributed by atoms with Crippen molar-refractivity contribution >= 4 is 0 Å². The summed E-state index contributed by atoms with van der Waals surface area (Å²) in [5, 5.41) is 13.3. The van der Waals surface area contributed by atoms with Crippen LogP contribution in [-0.4, -0.2) is 11.7 Å². The van der Waals surface area contributed by atoms with Gasteiger partial charge in [0, 0.05) is 6.54 Å². The summed E-state index contributed by atoms with van der Waals surface area (Å²) in [5.74, 6) is 0. The Balaban J connectivity index is 2.20. The van der Waals surface area contributed by atoms with Crippen molar-refractivity contribution in [3.8, 4) is 0 Å². The van der Waals surface area contributed by atoms with Crippen LogP contribution in [0.3, 0.4) is 0 Å². The Bertz CT molecular complexity index is 545. The van der Waals surface area contributed by atoms with Crippen molar-refractivity contribution in [3.63, 3.8) is 0 Å². The van der Waals surface area contributed by atoms with E-state index < -0.39 is 5.54 Å². The van der Waals surface area contributed by atoms with Crippen LogP contribution in [0.4, 0.5) is 0 Å². The van der Waals surface area contributed by atoms with E-state index >= 15 is 0 Å². The van der Waals surface area contributed by atoms with Gasteiger partial charge in [0.05, 0.1) is 12.1 Å². The van der Waals surface area contributed by atoms with Crippen molar-refractivity contribution in [1.29, 1.82) is 0 Å². The van der Waals surface area contributed by atoms with Gasteiger partial charge in [-0.2, -0.15) is 0 Å². The Morgan fingerprint density at radius 1 is 0.950 bits per heavy atom. The van der Waals surface area contributed by atoms with Crippen LogP contribution in [0.2, 0.25) is 0 Å². The highest BCUT2D eigenvalue weighted by atomic mass is 16.3. The standard InChI is InChI=1S/C18H23NO/c1-14-8-7-9-15(2)17(14)12-19-18(3,13-20)16-10-5-4-6-11-16/h4-11,19-20H,12-13H2,1-3H3. The Morgan fingerprint density at radius 2 is 1.55 bits per heavy atom. The molecule has 2 N–H and O–H groups in total. The van der Waals surface area contributed by atoms with E-state index in [1.54, 1.807) is 0 Å². The lowest BCUT2D eigenvalue weighted by atomic mass is 9.92. The van der Waals surface area contributed by atoms with Gasteiger partial charge < -0.3 is 10.4 Å². The summed E-state index contributed by atoms with van der Waals surface area (Å²) >= 11 is 0. The fourth-order valence-electron chi connectivity index (χ4n) is 2.47. The maximum atomic E-state index is 9.79. The average molecular weight is 269 g/mol. The van der Waals surface area contributed by atoms with Crippen LogP contribution < -0.4 is 5.32 Å². The molecule has 20 heavy (non-hydrogen) atoms. The Labute approximate surface area is 121 Å². The maximum absolute atomic E-state index is 9.79. The Kier molecular flexibility index (Phi) is 4.58. The van der Waals surface area contributed by atoms with Gasteiger partial charge in [0.2, 0.25) is 0 Å². The van der Waals surface area contributed by atoms with Crippen molar-refractivity contribution in [2.24, 2.45) is 0 Å². The number of nitrogens with one attached hydrogen (secondary N) is 1. The number of aryl methyl sites for hydroxylation is 2. The van der Waals surface area contributed by atoms with Crippen LogP contribution in [0.25, 0.3) is 0 Å². The van der Waals surface area contributed by atoms with Gasteiger partial charge in [-0.3, -0.25) is 0 Å². The van der Waals surface area contributed by atoms with Crippen LogP contribution in [0.15, 0.2) is 48.5 Å². The summed E-state index contributed by atoms with van der Waals surface area (Å²) in [6, 6.07) is 16.4. The lowest BCUT2D eigenvalue weighted by Gasteiger charge is -2.30. The van der Waals surface area contributed by atoms with Gasteiger partial charge in [0.25, 0.3) is 0 Å². The van der Waals surface area contributed by atoms with Crippen molar-refractivity contribution in [3.05, 3.63) is 70.8 Å². The largest absolute Gasteiger partial charge is 0.394 e. The number of rotatable bonds is 5. The maximum Gasteiger partial charge on any atom is 0.0652 e. The Hall–Kier alpha value is -1.64. The van der Waals surface area contributed by atoms with Gasteiger partial charge in [-0.15, -0.1) is 0 Å². The van der Waals surface area contributed by atoms with Crippen LogP contribution in [0.5, 0.6) is 0 Å². The van der Waals surface area contributed by atoms with Crippen molar-refractivity contribution in [1.82, 2.24) is 5.32 Å². The van der Waals surface area contributed by atoms with Crippen LogP contribution in [0.1, 0.15) is 29.2 Å². The van der Waals surface area contributed by atoms with E-state index in [2.05, 4.69) is 37.4 Å². The third-order valence-corrected chi connectivity index (χ3v) is 4.03. The van der Waals surface area contributed by atoms with Crippen molar-refractivity contribution < 1.29 is 5.11 Å². The second-order valence-corrected chi connectivity index (χ2v) is 5.58. The van der Waals surface area contributed by atoms with Gasteiger partial charge in [-0.25, -0.2) is 0 Å². The summed E-state index contributed by atoms with van der Waals surface area (Å²) in [6.45, 7) is 7.12. The molecule has 2 nitrogen and oxygen atoms in total.